The summed E-state index contributed by atoms with van der Waals surface area (Å²) in [6, 6.07) is 25.2. The summed E-state index contributed by atoms with van der Waals surface area (Å²) in [6.07, 6.45) is 1.70. The van der Waals surface area contributed by atoms with E-state index in [0.717, 1.165) is 25.5 Å². The molecule has 4 rings (SSSR count). The first-order valence-electron chi connectivity index (χ1n) is 9.38. The first kappa shape index (κ1) is 20.6. The van der Waals surface area contributed by atoms with Crippen LogP contribution in [0.5, 0.6) is 5.75 Å². The van der Waals surface area contributed by atoms with Crippen molar-refractivity contribution in [2.45, 2.75) is 6.04 Å². The number of aromatic nitrogens is 1. The number of halogens is 2. The molecule has 4 nitrogen and oxygen atoms in total. The molecule has 150 valence electrons. The van der Waals surface area contributed by atoms with Crippen LogP contribution in [0.4, 0.5) is 0 Å². The van der Waals surface area contributed by atoms with Crippen molar-refractivity contribution in [3.63, 3.8) is 0 Å². The lowest BCUT2D eigenvalue weighted by atomic mass is 9.99. The molecule has 0 fully saturated rings. The molecule has 0 bridgehead atoms. The zero-order valence-corrected chi connectivity index (χ0v) is 19.1. The second-order valence-electron chi connectivity index (χ2n) is 6.68. The van der Waals surface area contributed by atoms with Gasteiger partial charge in [-0.05, 0) is 39.2 Å². The number of amides is 1. The Balaban J connectivity index is 1.55. The highest BCUT2D eigenvalue weighted by Gasteiger charge is 2.18. The van der Waals surface area contributed by atoms with Gasteiger partial charge in [-0.25, -0.2) is 0 Å². The van der Waals surface area contributed by atoms with Crippen LogP contribution in [-0.2, 0) is 4.79 Å². The maximum atomic E-state index is 12.8. The molecule has 1 N–H and O–H groups in total. The Bertz CT molecular complexity index is 1130. The van der Waals surface area contributed by atoms with Gasteiger partial charge in [0.15, 0.2) is 12.4 Å². The number of hydrogen-bond acceptors (Lipinski definition) is 3. The van der Waals surface area contributed by atoms with E-state index < -0.39 is 0 Å². The molecule has 1 amide bonds. The number of carbonyl (C=O) groups excluding carboxylic acids is 1. The lowest BCUT2D eigenvalue weighted by Gasteiger charge is -2.20. The molecular weight excluding hydrogens is 508 g/mol. The molecule has 0 unspecified atom stereocenters. The average molecular weight is 526 g/mol. The van der Waals surface area contributed by atoms with Crippen LogP contribution >= 0.6 is 31.9 Å². The first-order valence-corrected chi connectivity index (χ1v) is 11.0. The highest BCUT2D eigenvalue weighted by Crippen LogP contribution is 2.37. The molecule has 4 aromatic rings. The maximum absolute atomic E-state index is 12.8. The number of hydrogen-bond donors (Lipinski definition) is 1. The molecule has 3 aromatic carbocycles. The van der Waals surface area contributed by atoms with E-state index in [1.165, 1.54) is 0 Å². The van der Waals surface area contributed by atoms with Crippen molar-refractivity contribution in [2.24, 2.45) is 0 Å². The molecule has 0 aliphatic carbocycles. The Kier molecular flexibility index (Phi) is 6.45. The number of carbonyl (C=O) groups is 1. The van der Waals surface area contributed by atoms with Gasteiger partial charge in [0.25, 0.3) is 5.91 Å². The molecule has 0 spiro atoms. The van der Waals surface area contributed by atoms with E-state index in [1.54, 1.807) is 6.20 Å². The highest BCUT2D eigenvalue weighted by molar-refractivity contribution is 9.11. The van der Waals surface area contributed by atoms with Gasteiger partial charge in [0.2, 0.25) is 0 Å². The number of ether oxygens (including phenoxy) is 1. The summed E-state index contributed by atoms with van der Waals surface area (Å²) in [6.45, 7) is -0.123. The quantitative estimate of drug-likeness (QED) is 0.333. The zero-order chi connectivity index (χ0) is 20.9. The summed E-state index contributed by atoms with van der Waals surface area (Å²) < 4.78 is 7.53. The van der Waals surface area contributed by atoms with Crippen molar-refractivity contribution >= 4 is 48.7 Å². The van der Waals surface area contributed by atoms with Gasteiger partial charge >= 0.3 is 0 Å². The average Bonchev–Trinajstić information content (AvgIpc) is 2.78. The first-order chi connectivity index (χ1) is 14.6. The standard InChI is InChI=1S/C24H18Br2N2O2/c25-19-14-20(26)24(23-18(19)12-7-13-27-23)30-15-21(29)28-22(16-8-3-1-4-9-16)17-10-5-2-6-11-17/h1-14,22H,15H2,(H,28,29). The topological polar surface area (TPSA) is 51.2 Å². The molecule has 0 aliphatic heterocycles. The van der Waals surface area contributed by atoms with Gasteiger partial charge in [0, 0.05) is 16.1 Å². The fraction of sp³-hybridized carbons (Fsp3) is 0.0833. The van der Waals surface area contributed by atoms with E-state index in [9.17, 15) is 4.79 Å². The summed E-state index contributed by atoms with van der Waals surface area (Å²) in [5.41, 5.74) is 2.71. The summed E-state index contributed by atoms with van der Waals surface area (Å²) in [5.74, 6) is 0.325. The fourth-order valence-electron chi connectivity index (χ4n) is 3.27. The Hall–Kier alpha value is -2.70. The smallest absolute Gasteiger partial charge is 0.258 e. The number of nitrogens with one attached hydrogen (secondary N) is 1. The molecular formula is C24H18Br2N2O2. The van der Waals surface area contributed by atoms with Crippen molar-refractivity contribution in [3.05, 3.63) is 105 Å². The van der Waals surface area contributed by atoms with Crippen LogP contribution in [0, 0.1) is 0 Å². The van der Waals surface area contributed by atoms with Gasteiger partial charge in [-0.3, -0.25) is 9.78 Å². The third-order valence-electron chi connectivity index (χ3n) is 4.67. The molecule has 1 heterocycles. The number of nitrogens with zero attached hydrogens (tertiary/aromatic N) is 1. The summed E-state index contributed by atoms with van der Waals surface area (Å²) >= 11 is 7.06. The number of benzene rings is 3. The van der Waals surface area contributed by atoms with Crippen LogP contribution in [0.15, 0.2) is 94.0 Å². The van der Waals surface area contributed by atoms with E-state index in [2.05, 4.69) is 42.2 Å². The molecule has 0 atom stereocenters. The van der Waals surface area contributed by atoms with E-state index in [-0.39, 0.29) is 18.6 Å². The van der Waals surface area contributed by atoms with Crippen LogP contribution in [0.2, 0.25) is 0 Å². The van der Waals surface area contributed by atoms with Crippen LogP contribution in [0.25, 0.3) is 10.9 Å². The SMILES string of the molecule is O=C(COc1c(Br)cc(Br)c2cccnc12)NC(c1ccccc1)c1ccccc1. The summed E-state index contributed by atoms with van der Waals surface area (Å²) in [7, 11) is 0. The van der Waals surface area contributed by atoms with Gasteiger partial charge in [-0.2, -0.15) is 0 Å². The highest BCUT2D eigenvalue weighted by atomic mass is 79.9. The molecule has 0 radical (unpaired) electrons. The summed E-state index contributed by atoms with van der Waals surface area (Å²) in [5, 5.41) is 4.01. The lowest BCUT2D eigenvalue weighted by molar-refractivity contribution is -0.123. The number of rotatable bonds is 6. The lowest BCUT2D eigenvalue weighted by Crippen LogP contribution is -2.33. The fourth-order valence-corrected chi connectivity index (χ4v) is 4.66. The molecule has 0 aliphatic rings. The van der Waals surface area contributed by atoms with Crippen LogP contribution < -0.4 is 10.1 Å². The van der Waals surface area contributed by atoms with Crippen molar-refractivity contribution < 1.29 is 9.53 Å². The van der Waals surface area contributed by atoms with Crippen LogP contribution in [0.3, 0.4) is 0 Å². The van der Waals surface area contributed by atoms with E-state index in [1.807, 2.05) is 78.9 Å². The van der Waals surface area contributed by atoms with Gasteiger partial charge in [-0.15, -0.1) is 0 Å². The normalized spacial score (nSPS) is 10.9. The minimum absolute atomic E-state index is 0.123. The van der Waals surface area contributed by atoms with Crippen molar-refractivity contribution in [1.29, 1.82) is 0 Å². The predicted octanol–water partition coefficient (Wildman–Crippen LogP) is 6.04. The minimum atomic E-state index is -0.258. The second-order valence-corrected chi connectivity index (χ2v) is 8.39. The van der Waals surface area contributed by atoms with Gasteiger partial charge in [-0.1, -0.05) is 82.7 Å². The second kappa shape index (κ2) is 9.41. The van der Waals surface area contributed by atoms with Gasteiger partial charge in [0.05, 0.1) is 10.5 Å². The number of fused-ring (bicyclic) bond motifs is 1. The predicted molar refractivity (Wildman–Crippen MR) is 126 cm³/mol. The molecule has 6 heteroatoms. The maximum Gasteiger partial charge on any atom is 0.258 e. The monoisotopic (exact) mass is 524 g/mol. The van der Waals surface area contributed by atoms with Gasteiger partial charge < -0.3 is 10.1 Å². The van der Waals surface area contributed by atoms with Crippen LogP contribution in [-0.4, -0.2) is 17.5 Å². The molecule has 30 heavy (non-hydrogen) atoms. The van der Waals surface area contributed by atoms with Crippen LogP contribution in [0.1, 0.15) is 17.2 Å². The Morgan fingerprint density at radius 3 is 2.17 bits per heavy atom. The number of pyridine rings is 1. The minimum Gasteiger partial charge on any atom is -0.480 e. The van der Waals surface area contributed by atoms with E-state index in [0.29, 0.717) is 11.3 Å². The third kappa shape index (κ3) is 4.55. The van der Waals surface area contributed by atoms with Crippen molar-refractivity contribution in [3.8, 4) is 5.75 Å². The summed E-state index contributed by atoms with van der Waals surface area (Å²) in [4.78, 5) is 17.2. The van der Waals surface area contributed by atoms with Crippen molar-refractivity contribution in [1.82, 2.24) is 10.3 Å². The van der Waals surface area contributed by atoms with E-state index in [4.69, 9.17) is 4.74 Å². The molecule has 0 saturated carbocycles. The molecule has 0 saturated heterocycles. The Labute approximate surface area is 191 Å². The van der Waals surface area contributed by atoms with E-state index >= 15 is 0 Å². The Morgan fingerprint density at radius 2 is 1.53 bits per heavy atom. The zero-order valence-electron chi connectivity index (χ0n) is 15.9. The molecule has 1 aromatic heterocycles. The Morgan fingerprint density at radius 1 is 0.900 bits per heavy atom. The van der Waals surface area contributed by atoms with Crippen molar-refractivity contribution in [2.75, 3.05) is 6.61 Å². The largest absolute Gasteiger partial charge is 0.480 e. The third-order valence-corrected chi connectivity index (χ3v) is 5.91. The van der Waals surface area contributed by atoms with Gasteiger partial charge in [0.1, 0.15) is 5.52 Å².